The lowest BCUT2D eigenvalue weighted by Gasteiger charge is -2.35. The number of carbonyl (C=O) groups excluding carboxylic acids is 2. The zero-order chi connectivity index (χ0) is 21.4. The van der Waals surface area contributed by atoms with Crippen molar-refractivity contribution in [1.82, 2.24) is 14.8 Å². The van der Waals surface area contributed by atoms with Crippen LogP contribution in [0.2, 0.25) is 0 Å². The number of carbonyl (C=O) groups is 2. The maximum atomic E-state index is 13.2. The van der Waals surface area contributed by atoms with Crippen LogP contribution in [0.15, 0.2) is 42.5 Å². The lowest BCUT2D eigenvalue weighted by atomic mass is 9.95. The predicted molar refractivity (Wildman–Crippen MR) is 123 cm³/mol. The zero-order valence-corrected chi connectivity index (χ0v) is 18.1. The Morgan fingerprint density at radius 1 is 0.839 bits per heavy atom. The van der Waals surface area contributed by atoms with Crippen molar-refractivity contribution in [3.05, 3.63) is 70.4 Å². The van der Waals surface area contributed by atoms with Gasteiger partial charge >= 0.3 is 0 Å². The molecule has 1 saturated heterocycles. The average molecular weight is 416 g/mol. The van der Waals surface area contributed by atoms with Crippen LogP contribution in [0.1, 0.15) is 57.3 Å². The predicted octanol–water partition coefficient (Wildman–Crippen LogP) is 4.21. The van der Waals surface area contributed by atoms with Gasteiger partial charge in [-0.3, -0.25) is 9.59 Å². The highest BCUT2D eigenvalue weighted by atomic mass is 16.2. The number of nitrogens with zero attached hydrogens (tertiary/aromatic N) is 2. The molecule has 0 saturated carbocycles. The molecule has 31 heavy (non-hydrogen) atoms. The van der Waals surface area contributed by atoms with Gasteiger partial charge in [0.25, 0.3) is 11.8 Å². The quantitative estimate of drug-likeness (QED) is 0.697. The van der Waals surface area contributed by atoms with E-state index in [1.807, 2.05) is 46.2 Å². The average Bonchev–Trinajstić information content (AvgIpc) is 3.21. The van der Waals surface area contributed by atoms with Gasteiger partial charge in [-0.25, -0.2) is 0 Å². The van der Waals surface area contributed by atoms with Crippen LogP contribution in [-0.4, -0.2) is 52.8 Å². The number of piperazine rings is 1. The molecule has 5 heteroatoms. The number of nitrogens with one attached hydrogen (secondary N) is 1. The summed E-state index contributed by atoms with van der Waals surface area (Å²) in [6.07, 6.45) is 5.61. The van der Waals surface area contributed by atoms with Crippen molar-refractivity contribution < 1.29 is 9.59 Å². The third-order valence-electron chi connectivity index (χ3n) is 6.81. The molecule has 0 atom stereocenters. The largest absolute Gasteiger partial charge is 0.358 e. The van der Waals surface area contributed by atoms with Gasteiger partial charge in [-0.05, 0) is 73.6 Å². The summed E-state index contributed by atoms with van der Waals surface area (Å²) < 4.78 is 0. The van der Waals surface area contributed by atoms with E-state index in [1.165, 1.54) is 35.0 Å². The molecule has 0 spiro atoms. The van der Waals surface area contributed by atoms with Gasteiger partial charge in [-0.2, -0.15) is 0 Å². The number of hydrogen-bond donors (Lipinski definition) is 1. The lowest BCUT2D eigenvalue weighted by molar-refractivity contribution is 0.0535. The zero-order valence-electron chi connectivity index (χ0n) is 18.1. The highest BCUT2D eigenvalue weighted by Crippen LogP contribution is 2.30. The summed E-state index contributed by atoms with van der Waals surface area (Å²) in [5.41, 5.74) is 6.56. The minimum atomic E-state index is 0.0510. The van der Waals surface area contributed by atoms with E-state index in [1.54, 1.807) is 0 Å². The monoisotopic (exact) mass is 415 g/mol. The molecule has 1 fully saturated rings. The van der Waals surface area contributed by atoms with Gasteiger partial charge in [0, 0.05) is 53.9 Å². The van der Waals surface area contributed by atoms with E-state index in [4.69, 9.17) is 0 Å². The van der Waals surface area contributed by atoms with E-state index in [0.29, 0.717) is 26.2 Å². The number of rotatable bonds is 3. The van der Waals surface area contributed by atoms with E-state index < -0.39 is 0 Å². The van der Waals surface area contributed by atoms with Crippen LogP contribution in [0.25, 0.3) is 10.9 Å². The minimum Gasteiger partial charge on any atom is -0.358 e. The fraction of sp³-hybridized carbons (Fsp3) is 0.385. The van der Waals surface area contributed by atoms with Crippen LogP contribution in [0.5, 0.6) is 0 Å². The van der Waals surface area contributed by atoms with Crippen LogP contribution < -0.4 is 0 Å². The highest BCUT2D eigenvalue weighted by Gasteiger charge is 2.26. The standard InChI is InChI=1S/C26H29N3O2/c1-2-18-7-9-19(10-8-18)25(30)28-13-15-29(16-14-28)26(31)20-11-12-24-22(17-20)21-5-3-4-6-23(21)27-24/h7-12,17,27H,2-6,13-16H2,1H3. The summed E-state index contributed by atoms with van der Waals surface area (Å²) >= 11 is 0. The summed E-state index contributed by atoms with van der Waals surface area (Å²) in [6.45, 7) is 4.39. The second-order valence-electron chi connectivity index (χ2n) is 8.68. The van der Waals surface area contributed by atoms with Gasteiger partial charge in [0.15, 0.2) is 0 Å². The number of hydrogen-bond acceptors (Lipinski definition) is 2. The van der Waals surface area contributed by atoms with Crippen LogP contribution in [0.4, 0.5) is 0 Å². The first-order valence-corrected chi connectivity index (χ1v) is 11.4. The molecule has 5 nitrogen and oxygen atoms in total. The fourth-order valence-corrected chi connectivity index (χ4v) is 4.90. The topological polar surface area (TPSA) is 56.4 Å². The number of aromatic amines is 1. The Bertz CT molecular complexity index is 1120. The Labute approximate surface area is 183 Å². The number of benzene rings is 2. The third-order valence-corrected chi connectivity index (χ3v) is 6.81. The first kappa shape index (κ1) is 19.9. The molecule has 0 radical (unpaired) electrons. The summed E-state index contributed by atoms with van der Waals surface area (Å²) in [6, 6.07) is 13.9. The Morgan fingerprint density at radius 2 is 1.45 bits per heavy atom. The van der Waals surface area contributed by atoms with E-state index in [2.05, 4.69) is 18.0 Å². The Balaban J connectivity index is 1.27. The first-order valence-electron chi connectivity index (χ1n) is 11.4. The lowest BCUT2D eigenvalue weighted by Crippen LogP contribution is -2.50. The molecule has 2 aliphatic rings. The van der Waals surface area contributed by atoms with Gasteiger partial charge in [-0.15, -0.1) is 0 Å². The van der Waals surface area contributed by atoms with Crippen molar-refractivity contribution in [3.8, 4) is 0 Å². The Kier molecular flexibility index (Phi) is 5.26. The number of amides is 2. The van der Waals surface area contributed by atoms with Crippen molar-refractivity contribution in [1.29, 1.82) is 0 Å². The van der Waals surface area contributed by atoms with Crippen molar-refractivity contribution >= 4 is 22.7 Å². The molecular weight excluding hydrogens is 386 g/mol. The van der Waals surface area contributed by atoms with Gasteiger partial charge in [-0.1, -0.05) is 19.1 Å². The smallest absolute Gasteiger partial charge is 0.253 e. The molecule has 3 aromatic rings. The third kappa shape index (κ3) is 3.73. The van der Waals surface area contributed by atoms with Crippen LogP contribution in [-0.2, 0) is 19.3 Å². The van der Waals surface area contributed by atoms with E-state index in [-0.39, 0.29) is 11.8 Å². The van der Waals surface area contributed by atoms with Gasteiger partial charge in [0.1, 0.15) is 0 Å². The normalized spacial score (nSPS) is 16.4. The molecule has 5 rings (SSSR count). The Hall–Kier alpha value is -3.08. The minimum absolute atomic E-state index is 0.0510. The maximum Gasteiger partial charge on any atom is 0.253 e. The molecule has 2 heterocycles. The Morgan fingerprint density at radius 3 is 2.13 bits per heavy atom. The van der Waals surface area contributed by atoms with Crippen LogP contribution in [0, 0.1) is 0 Å². The van der Waals surface area contributed by atoms with Crippen molar-refractivity contribution in [2.45, 2.75) is 39.0 Å². The first-order chi connectivity index (χ1) is 15.1. The molecular formula is C26H29N3O2. The van der Waals surface area contributed by atoms with E-state index >= 15 is 0 Å². The van der Waals surface area contributed by atoms with Gasteiger partial charge in [0.05, 0.1) is 0 Å². The number of aromatic nitrogens is 1. The van der Waals surface area contributed by atoms with Crippen LogP contribution >= 0.6 is 0 Å². The second kappa shape index (κ2) is 8.22. The summed E-state index contributed by atoms with van der Waals surface area (Å²) in [5.74, 6) is 0.113. The molecule has 1 N–H and O–H groups in total. The molecule has 1 aliphatic carbocycles. The van der Waals surface area contributed by atoms with Crippen molar-refractivity contribution in [3.63, 3.8) is 0 Å². The van der Waals surface area contributed by atoms with Crippen LogP contribution in [0.3, 0.4) is 0 Å². The summed E-state index contributed by atoms with van der Waals surface area (Å²) in [5, 5.41) is 1.20. The van der Waals surface area contributed by atoms with Gasteiger partial charge in [0.2, 0.25) is 0 Å². The molecule has 2 aromatic carbocycles. The summed E-state index contributed by atoms with van der Waals surface area (Å²) in [7, 11) is 0. The van der Waals surface area contributed by atoms with Gasteiger partial charge < -0.3 is 14.8 Å². The molecule has 160 valence electrons. The van der Waals surface area contributed by atoms with E-state index in [9.17, 15) is 9.59 Å². The maximum absolute atomic E-state index is 13.2. The molecule has 1 aliphatic heterocycles. The van der Waals surface area contributed by atoms with E-state index in [0.717, 1.165) is 35.9 Å². The number of aryl methyl sites for hydroxylation is 3. The molecule has 1 aromatic heterocycles. The number of H-pyrrole nitrogens is 1. The fourth-order valence-electron chi connectivity index (χ4n) is 4.90. The summed E-state index contributed by atoms with van der Waals surface area (Å²) in [4.78, 5) is 33.3. The van der Waals surface area contributed by atoms with Crippen molar-refractivity contribution in [2.24, 2.45) is 0 Å². The highest BCUT2D eigenvalue weighted by molar-refractivity contribution is 5.99. The van der Waals surface area contributed by atoms with Crippen molar-refractivity contribution in [2.75, 3.05) is 26.2 Å². The number of fused-ring (bicyclic) bond motifs is 3. The molecule has 0 unspecified atom stereocenters. The SMILES string of the molecule is CCc1ccc(C(=O)N2CCN(C(=O)c3ccc4[nH]c5c(c4c3)CCCC5)CC2)cc1. The second-order valence-corrected chi connectivity index (χ2v) is 8.68. The molecule has 0 bridgehead atoms. The molecule has 2 amide bonds.